The molecule has 1 atom stereocenters. The van der Waals surface area contributed by atoms with E-state index in [9.17, 15) is 4.79 Å². The topological polar surface area (TPSA) is 79.1 Å². The van der Waals surface area contributed by atoms with Crippen molar-refractivity contribution in [3.05, 3.63) is 54.0 Å². The van der Waals surface area contributed by atoms with E-state index >= 15 is 0 Å². The molecular weight excluding hydrogens is 483 g/mol. The molecule has 2 fully saturated rings. The van der Waals surface area contributed by atoms with E-state index in [1.54, 1.807) is 12.1 Å². The van der Waals surface area contributed by atoms with Gasteiger partial charge in [-0.25, -0.2) is 0 Å². The molecule has 1 unspecified atom stereocenters. The minimum atomic E-state index is -0.255. The summed E-state index contributed by atoms with van der Waals surface area (Å²) in [5.41, 5.74) is 2.17. The standard InChI is InChI=1S/C21H26N4O3.HI/c1-22-20(25-10-8-21(14-25)9-12-27-15-21)23-13-16-4-6-17(7-5-16)24-19(26)18-3-2-11-28-18;/h2-7,11H,8-10,12-15H2,1H3,(H,22,23)(H,24,26);1H. The van der Waals surface area contributed by atoms with Crippen LogP contribution in [-0.4, -0.2) is 50.1 Å². The molecule has 4 rings (SSSR count). The molecule has 1 amide bonds. The van der Waals surface area contributed by atoms with Crippen molar-refractivity contribution >= 4 is 41.5 Å². The van der Waals surface area contributed by atoms with Gasteiger partial charge >= 0.3 is 0 Å². The van der Waals surface area contributed by atoms with Crippen LogP contribution in [0.5, 0.6) is 0 Å². The van der Waals surface area contributed by atoms with Crippen LogP contribution in [0.4, 0.5) is 5.69 Å². The number of guanidine groups is 1. The molecule has 156 valence electrons. The van der Waals surface area contributed by atoms with Crippen LogP contribution in [0.3, 0.4) is 0 Å². The summed E-state index contributed by atoms with van der Waals surface area (Å²) in [4.78, 5) is 18.8. The van der Waals surface area contributed by atoms with Crippen molar-refractivity contribution in [1.29, 1.82) is 0 Å². The second-order valence-corrected chi connectivity index (χ2v) is 7.50. The number of anilines is 1. The third-order valence-corrected chi connectivity index (χ3v) is 5.54. The average Bonchev–Trinajstić information content (AvgIpc) is 3.47. The highest BCUT2D eigenvalue weighted by Gasteiger charge is 2.42. The van der Waals surface area contributed by atoms with Gasteiger partial charge in [-0.3, -0.25) is 9.79 Å². The van der Waals surface area contributed by atoms with Gasteiger partial charge in [-0.1, -0.05) is 12.1 Å². The van der Waals surface area contributed by atoms with Crippen molar-refractivity contribution in [2.45, 2.75) is 19.4 Å². The lowest BCUT2D eigenvalue weighted by molar-refractivity contribution is 0.0996. The third kappa shape index (κ3) is 5.11. The average molecular weight is 510 g/mol. The molecule has 0 aliphatic carbocycles. The molecule has 0 saturated carbocycles. The van der Waals surface area contributed by atoms with Gasteiger partial charge in [0.05, 0.1) is 12.9 Å². The smallest absolute Gasteiger partial charge is 0.291 e. The van der Waals surface area contributed by atoms with Gasteiger partial charge in [0, 0.05) is 44.4 Å². The Labute approximate surface area is 187 Å². The number of rotatable bonds is 4. The Morgan fingerprint density at radius 3 is 2.72 bits per heavy atom. The van der Waals surface area contributed by atoms with Crippen LogP contribution < -0.4 is 10.6 Å². The fourth-order valence-corrected chi connectivity index (χ4v) is 3.91. The maximum Gasteiger partial charge on any atom is 0.291 e. The van der Waals surface area contributed by atoms with E-state index in [1.807, 2.05) is 31.3 Å². The molecule has 8 heteroatoms. The summed E-state index contributed by atoms with van der Waals surface area (Å²) in [7, 11) is 1.83. The number of halogens is 1. The number of furan rings is 1. The van der Waals surface area contributed by atoms with Crippen molar-refractivity contribution in [2.24, 2.45) is 10.4 Å². The number of nitrogens with one attached hydrogen (secondary N) is 2. The summed E-state index contributed by atoms with van der Waals surface area (Å²) >= 11 is 0. The maximum absolute atomic E-state index is 12.0. The highest BCUT2D eigenvalue weighted by Crippen LogP contribution is 2.38. The first-order valence-corrected chi connectivity index (χ1v) is 9.65. The predicted molar refractivity (Wildman–Crippen MR) is 123 cm³/mol. The van der Waals surface area contributed by atoms with E-state index in [0.29, 0.717) is 17.7 Å². The van der Waals surface area contributed by atoms with E-state index in [0.717, 1.165) is 56.4 Å². The number of carbonyl (C=O) groups is 1. The molecule has 0 radical (unpaired) electrons. The molecule has 2 aromatic rings. The van der Waals surface area contributed by atoms with Gasteiger partial charge in [-0.05, 0) is 42.7 Å². The number of likely N-dealkylation sites (tertiary alicyclic amines) is 1. The van der Waals surface area contributed by atoms with Gasteiger partial charge in [0.2, 0.25) is 0 Å². The molecule has 2 aliphatic rings. The van der Waals surface area contributed by atoms with Crippen LogP contribution in [0.1, 0.15) is 29.0 Å². The second-order valence-electron chi connectivity index (χ2n) is 7.50. The van der Waals surface area contributed by atoms with Crippen molar-refractivity contribution in [1.82, 2.24) is 10.2 Å². The monoisotopic (exact) mass is 510 g/mol. The number of hydrogen-bond acceptors (Lipinski definition) is 4. The lowest BCUT2D eigenvalue weighted by Gasteiger charge is -2.25. The largest absolute Gasteiger partial charge is 0.459 e. The van der Waals surface area contributed by atoms with E-state index in [2.05, 4.69) is 20.5 Å². The Morgan fingerprint density at radius 2 is 2.07 bits per heavy atom. The molecule has 7 nitrogen and oxygen atoms in total. The summed E-state index contributed by atoms with van der Waals surface area (Å²) in [5, 5.41) is 6.27. The number of amides is 1. The Bertz CT molecular complexity index is 830. The Hall–Kier alpha value is -2.07. The molecule has 1 aromatic carbocycles. The quantitative estimate of drug-likeness (QED) is 0.375. The number of hydrogen-bond donors (Lipinski definition) is 2. The van der Waals surface area contributed by atoms with E-state index in [4.69, 9.17) is 9.15 Å². The van der Waals surface area contributed by atoms with E-state index in [1.165, 1.54) is 6.26 Å². The highest BCUT2D eigenvalue weighted by atomic mass is 127. The fraction of sp³-hybridized carbons (Fsp3) is 0.429. The van der Waals surface area contributed by atoms with Gasteiger partial charge in [0.25, 0.3) is 5.91 Å². The van der Waals surface area contributed by atoms with Gasteiger partial charge in [-0.15, -0.1) is 24.0 Å². The highest BCUT2D eigenvalue weighted by molar-refractivity contribution is 14.0. The molecule has 2 aliphatic heterocycles. The molecule has 1 aromatic heterocycles. The van der Waals surface area contributed by atoms with Crippen molar-refractivity contribution in [2.75, 3.05) is 38.7 Å². The van der Waals surface area contributed by atoms with Crippen LogP contribution in [0.15, 0.2) is 52.1 Å². The fourth-order valence-electron chi connectivity index (χ4n) is 3.91. The Balaban J connectivity index is 0.00000240. The summed E-state index contributed by atoms with van der Waals surface area (Å²) in [6, 6.07) is 11.1. The van der Waals surface area contributed by atoms with Crippen LogP contribution in [0, 0.1) is 5.41 Å². The van der Waals surface area contributed by atoms with Gasteiger partial charge < -0.3 is 24.7 Å². The van der Waals surface area contributed by atoms with E-state index in [-0.39, 0.29) is 29.9 Å². The molecule has 2 saturated heterocycles. The van der Waals surface area contributed by atoms with Gasteiger partial charge in [0.1, 0.15) is 0 Å². The molecule has 3 heterocycles. The molecular formula is C21H27IN4O3. The molecule has 29 heavy (non-hydrogen) atoms. The third-order valence-electron chi connectivity index (χ3n) is 5.54. The van der Waals surface area contributed by atoms with Crippen molar-refractivity contribution in [3.63, 3.8) is 0 Å². The first-order valence-electron chi connectivity index (χ1n) is 9.65. The molecule has 2 N–H and O–H groups in total. The lowest BCUT2D eigenvalue weighted by Crippen LogP contribution is -2.41. The Kier molecular flexibility index (Phi) is 7.18. The van der Waals surface area contributed by atoms with Crippen molar-refractivity contribution in [3.8, 4) is 0 Å². The zero-order valence-corrected chi connectivity index (χ0v) is 18.8. The normalized spacial score (nSPS) is 21.3. The Morgan fingerprint density at radius 1 is 1.24 bits per heavy atom. The molecule has 1 spiro atoms. The van der Waals surface area contributed by atoms with Crippen LogP contribution in [0.2, 0.25) is 0 Å². The zero-order valence-electron chi connectivity index (χ0n) is 16.5. The first kappa shape index (κ1) is 21.6. The number of ether oxygens (including phenoxy) is 1. The predicted octanol–water partition coefficient (Wildman–Crippen LogP) is 3.34. The number of carbonyl (C=O) groups excluding carboxylic acids is 1. The van der Waals surface area contributed by atoms with Crippen LogP contribution >= 0.6 is 24.0 Å². The van der Waals surface area contributed by atoms with Crippen molar-refractivity contribution < 1.29 is 13.9 Å². The van der Waals surface area contributed by atoms with Crippen LogP contribution in [-0.2, 0) is 11.3 Å². The number of benzene rings is 1. The summed E-state index contributed by atoms with van der Waals surface area (Å²) in [6.45, 7) is 4.44. The summed E-state index contributed by atoms with van der Waals surface area (Å²) < 4.78 is 10.7. The second kappa shape index (κ2) is 9.62. The summed E-state index contributed by atoms with van der Waals surface area (Å²) in [5.74, 6) is 0.972. The van der Waals surface area contributed by atoms with Crippen LogP contribution in [0.25, 0.3) is 0 Å². The summed E-state index contributed by atoms with van der Waals surface area (Å²) in [6.07, 6.45) is 3.79. The maximum atomic E-state index is 12.0. The lowest BCUT2D eigenvalue weighted by atomic mass is 9.87. The minimum absolute atomic E-state index is 0. The SMILES string of the molecule is CN=C(NCc1ccc(NC(=O)c2ccco2)cc1)N1CCC2(CCOC2)C1.I. The number of aliphatic imine (C=N–C) groups is 1. The first-order chi connectivity index (χ1) is 13.7. The zero-order chi connectivity index (χ0) is 19.4. The van der Waals surface area contributed by atoms with Gasteiger partial charge in [0.15, 0.2) is 11.7 Å². The van der Waals surface area contributed by atoms with E-state index < -0.39 is 0 Å². The van der Waals surface area contributed by atoms with Gasteiger partial charge in [-0.2, -0.15) is 0 Å². The number of nitrogens with zero attached hydrogens (tertiary/aromatic N) is 2. The minimum Gasteiger partial charge on any atom is -0.459 e. The molecule has 0 bridgehead atoms.